The lowest BCUT2D eigenvalue weighted by atomic mass is 10.2. The van der Waals surface area contributed by atoms with Crippen molar-refractivity contribution in [3.05, 3.63) is 12.7 Å². The number of esters is 1. The number of hydrogen-bond acceptors (Lipinski definition) is 4. The zero-order valence-corrected chi connectivity index (χ0v) is 16.3. The molecule has 0 rings (SSSR count). The first kappa shape index (κ1) is 18.8. The van der Waals surface area contributed by atoms with Crippen LogP contribution in [0.4, 0.5) is 0 Å². The van der Waals surface area contributed by atoms with E-state index in [2.05, 4.69) is 39.7 Å². The molecule has 0 aliphatic rings. The molecular weight excluding hydrogens is 292 g/mol. The summed E-state index contributed by atoms with van der Waals surface area (Å²) >= 11 is 0. The van der Waals surface area contributed by atoms with Gasteiger partial charge in [0.1, 0.15) is 0 Å². The van der Waals surface area contributed by atoms with Gasteiger partial charge in [-0.1, -0.05) is 19.9 Å². The van der Waals surface area contributed by atoms with Gasteiger partial charge in [-0.2, -0.15) is 0 Å². The van der Waals surface area contributed by atoms with Gasteiger partial charge in [0.2, 0.25) is 0 Å². The molecule has 0 amide bonds. The van der Waals surface area contributed by atoms with Gasteiger partial charge in [0.15, 0.2) is 18.1 Å². The average molecular weight is 321 g/mol. The van der Waals surface area contributed by atoms with E-state index in [0.717, 1.165) is 12.8 Å². The Bertz CT molecular complexity index is 262. The Morgan fingerprint density at radius 1 is 1.21 bits per heavy atom. The van der Waals surface area contributed by atoms with Crippen molar-refractivity contribution < 1.29 is 17.8 Å². The molecule has 0 aromatic heterocycles. The van der Waals surface area contributed by atoms with E-state index in [1.807, 2.05) is 0 Å². The molecule has 112 valence electrons. The minimum atomic E-state index is -1.63. The number of carbonyl (C=O) groups excluding carboxylic acids is 1. The third-order valence-electron chi connectivity index (χ3n) is 2.62. The molecule has 0 saturated carbocycles. The minimum absolute atomic E-state index is 0.355. The molecule has 0 radical (unpaired) electrons. The third kappa shape index (κ3) is 9.33. The van der Waals surface area contributed by atoms with E-state index in [1.54, 1.807) is 0 Å². The Morgan fingerprint density at radius 3 is 2.11 bits per heavy atom. The molecule has 0 aromatic carbocycles. The maximum absolute atomic E-state index is 11.0. The van der Waals surface area contributed by atoms with Crippen LogP contribution < -0.4 is 0 Å². The molecule has 0 saturated heterocycles. The second kappa shape index (κ2) is 10.6. The van der Waals surface area contributed by atoms with Crippen LogP contribution in [0.25, 0.3) is 0 Å². The van der Waals surface area contributed by atoms with E-state index in [1.165, 1.54) is 6.08 Å². The molecule has 0 aliphatic heterocycles. The topological polar surface area (TPSA) is 44.8 Å². The monoisotopic (exact) mass is 320 g/mol. The van der Waals surface area contributed by atoms with Crippen molar-refractivity contribution in [1.82, 2.24) is 0 Å². The number of hydrogen-bond donors (Lipinski definition) is 0. The summed E-state index contributed by atoms with van der Waals surface area (Å²) in [5.74, 6) is -0.355. The highest BCUT2D eigenvalue weighted by atomic mass is 28.4. The van der Waals surface area contributed by atoms with Gasteiger partial charge in [0.25, 0.3) is 0 Å². The Morgan fingerprint density at radius 2 is 1.74 bits per heavy atom. The van der Waals surface area contributed by atoms with Crippen LogP contribution in [0.15, 0.2) is 12.7 Å². The summed E-state index contributed by atoms with van der Waals surface area (Å²) in [6, 6.07) is 0. The first-order chi connectivity index (χ1) is 8.90. The maximum Gasteiger partial charge on any atom is 0.330 e. The van der Waals surface area contributed by atoms with E-state index in [0.29, 0.717) is 12.1 Å². The third-order valence-corrected chi connectivity index (χ3v) is 10.7. The lowest BCUT2D eigenvalue weighted by Gasteiger charge is -2.28. The zero-order chi connectivity index (χ0) is 14.8. The highest BCUT2D eigenvalue weighted by Crippen LogP contribution is 2.22. The molecule has 0 aromatic rings. The average Bonchev–Trinajstić information content (AvgIpc) is 2.32. The normalized spacial score (nSPS) is 13.1. The smallest absolute Gasteiger partial charge is 0.330 e. The van der Waals surface area contributed by atoms with Crippen LogP contribution >= 0.6 is 0 Å². The van der Waals surface area contributed by atoms with Crippen molar-refractivity contribution >= 4 is 33.3 Å². The quantitative estimate of drug-likeness (QED) is 0.351. The Balaban J connectivity index is 4.37. The Labute approximate surface area is 122 Å². The number of ether oxygens (including phenoxy) is 1. The lowest BCUT2D eigenvalue weighted by Crippen LogP contribution is -2.37. The van der Waals surface area contributed by atoms with Gasteiger partial charge in [-0.15, -0.1) is 0 Å². The fourth-order valence-corrected chi connectivity index (χ4v) is 9.39. The Kier molecular flexibility index (Phi) is 10.4. The number of carbonyl (C=O) groups is 1. The SMILES string of the molecule is C=CC(=O)OCCC(CC)[SiH](O[SiH](C)C)O[SiH](C)C. The lowest BCUT2D eigenvalue weighted by molar-refractivity contribution is -0.137. The van der Waals surface area contributed by atoms with Crippen LogP contribution in [0.2, 0.25) is 31.7 Å². The molecule has 7 heteroatoms. The zero-order valence-electron chi connectivity index (χ0n) is 12.8. The minimum Gasteiger partial charge on any atom is -0.463 e. The van der Waals surface area contributed by atoms with Crippen molar-refractivity contribution in [3.63, 3.8) is 0 Å². The van der Waals surface area contributed by atoms with Gasteiger partial charge in [0, 0.05) is 11.6 Å². The molecule has 0 N–H and O–H groups in total. The van der Waals surface area contributed by atoms with Crippen LogP contribution in [-0.4, -0.2) is 39.9 Å². The molecule has 0 heterocycles. The highest BCUT2D eigenvalue weighted by molar-refractivity contribution is 6.68. The fraction of sp³-hybridized carbons (Fsp3) is 0.750. The molecule has 0 aliphatic carbocycles. The van der Waals surface area contributed by atoms with Crippen molar-refractivity contribution in [1.29, 1.82) is 0 Å². The summed E-state index contributed by atoms with van der Waals surface area (Å²) in [5.41, 5.74) is 0.419. The molecule has 4 nitrogen and oxygen atoms in total. The van der Waals surface area contributed by atoms with Crippen molar-refractivity contribution in [2.75, 3.05) is 6.61 Å². The van der Waals surface area contributed by atoms with Crippen molar-refractivity contribution in [2.24, 2.45) is 0 Å². The first-order valence-electron chi connectivity index (χ1n) is 7.00. The van der Waals surface area contributed by atoms with Gasteiger partial charge in [-0.05, 0) is 32.6 Å². The molecule has 0 fully saturated rings. The van der Waals surface area contributed by atoms with Crippen LogP contribution in [-0.2, 0) is 17.8 Å². The summed E-state index contributed by atoms with van der Waals surface area (Å²) in [7, 11) is -3.79. The second-order valence-corrected chi connectivity index (χ2v) is 13.1. The summed E-state index contributed by atoms with van der Waals surface area (Å²) in [6.07, 6.45) is 3.05. The van der Waals surface area contributed by atoms with Gasteiger partial charge in [0.05, 0.1) is 6.61 Å². The number of rotatable bonds is 10. The summed E-state index contributed by atoms with van der Waals surface area (Å²) in [4.78, 5) is 11.0. The van der Waals surface area contributed by atoms with Crippen LogP contribution in [0.3, 0.4) is 0 Å². The fourth-order valence-electron chi connectivity index (χ4n) is 1.69. The van der Waals surface area contributed by atoms with E-state index in [-0.39, 0.29) is 5.97 Å². The maximum atomic E-state index is 11.0. The molecule has 0 bridgehead atoms. The molecule has 1 unspecified atom stereocenters. The summed E-state index contributed by atoms with van der Waals surface area (Å²) in [5, 5.41) is 0. The molecule has 0 spiro atoms. The van der Waals surface area contributed by atoms with E-state index in [9.17, 15) is 4.79 Å². The highest BCUT2D eigenvalue weighted by Gasteiger charge is 2.27. The summed E-state index contributed by atoms with van der Waals surface area (Å²) in [6.45, 7) is 14.7. The molecular formula is C12H28O4Si3. The van der Waals surface area contributed by atoms with Crippen LogP contribution in [0, 0.1) is 0 Å². The predicted octanol–water partition coefficient (Wildman–Crippen LogP) is 2.11. The standard InChI is InChI=1S/C12H28O4Si3/c1-7-11(9-10-14-12(13)8-2)19(15-17(3)4)16-18(5)6/h8,11,17-19H,2,7,9-10H2,1,3-6H3. The van der Waals surface area contributed by atoms with E-state index < -0.39 is 27.4 Å². The van der Waals surface area contributed by atoms with Gasteiger partial charge < -0.3 is 13.0 Å². The van der Waals surface area contributed by atoms with Crippen LogP contribution in [0.1, 0.15) is 19.8 Å². The van der Waals surface area contributed by atoms with Gasteiger partial charge in [-0.3, -0.25) is 0 Å². The molecule has 1 atom stereocenters. The second-order valence-electron chi connectivity index (χ2n) is 5.07. The Hall–Kier alpha value is -0.219. The van der Waals surface area contributed by atoms with Crippen molar-refractivity contribution in [3.8, 4) is 0 Å². The van der Waals surface area contributed by atoms with Gasteiger partial charge in [-0.25, -0.2) is 4.79 Å². The van der Waals surface area contributed by atoms with Crippen molar-refractivity contribution in [2.45, 2.75) is 51.5 Å². The van der Waals surface area contributed by atoms with Crippen LogP contribution in [0.5, 0.6) is 0 Å². The predicted molar refractivity (Wildman–Crippen MR) is 86.9 cm³/mol. The van der Waals surface area contributed by atoms with Gasteiger partial charge >= 0.3 is 15.3 Å². The first-order valence-corrected chi connectivity index (χ1v) is 14.2. The van der Waals surface area contributed by atoms with E-state index >= 15 is 0 Å². The molecule has 19 heavy (non-hydrogen) atoms. The largest absolute Gasteiger partial charge is 0.463 e. The van der Waals surface area contributed by atoms with E-state index in [4.69, 9.17) is 13.0 Å². The summed E-state index contributed by atoms with van der Waals surface area (Å²) < 4.78 is 17.3.